The molecule has 0 saturated carbocycles. The summed E-state index contributed by atoms with van der Waals surface area (Å²) in [6.45, 7) is 2.84. The number of aryl methyl sites for hydroxylation is 1. The van der Waals surface area contributed by atoms with E-state index in [0.717, 1.165) is 27.7 Å². The van der Waals surface area contributed by atoms with Gasteiger partial charge in [0.1, 0.15) is 6.54 Å². The van der Waals surface area contributed by atoms with E-state index in [9.17, 15) is 14.7 Å². The van der Waals surface area contributed by atoms with Crippen LogP contribution in [0, 0.1) is 6.92 Å². The summed E-state index contributed by atoms with van der Waals surface area (Å²) in [4.78, 5) is 26.1. The Labute approximate surface area is 161 Å². The first-order valence-corrected chi connectivity index (χ1v) is 9.19. The summed E-state index contributed by atoms with van der Waals surface area (Å²) in [6.07, 6.45) is 0.618. The minimum absolute atomic E-state index is 0.00827. The van der Waals surface area contributed by atoms with E-state index < -0.39 is 5.97 Å². The SMILES string of the molecule is Cc1cc2c3c(n(CC(=O)O)c2cc1Cl)CCN(C(=O)c1ccccc1)C3. The van der Waals surface area contributed by atoms with Gasteiger partial charge in [0.05, 0.1) is 5.52 Å². The van der Waals surface area contributed by atoms with E-state index in [1.54, 1.807) is 0 Å². The molecule has 5 nitrogen and oxygen atoms in total. The number of nitrogens with zero attached hydrogens (tertiary/aromatic N) is 2. The molecule has 0 fully saturated rings. The van der Waals surface area contributed by atoms with Gasteiger partial charge in [-0.1, -0.05) is 29.8 Å². The van der Waals surface area contributed by atoms with Crippen molar-refractivity contribution in [1.29, 1.82) is 0 Å². The molecule has 2 aromatic carbocycles. The van der Waals surface area contributed by atoms with Gasteiger partial charge >= 0.3 is 5.97 Å². The zero-order chi connectivity index (χ0) is 19.1. The molecule has 0 saturated heterocycles. The number of hydrogen-bond acceptors (Lipinski definition) is 2. The first kappa shape index (κ1) is 17.6. The molecule has 0 bridgehead atoms. The number of aromatic nitrogens is 1. The Hall–Kier alpha value is -2.79. The molecular weight excluding hydrogens is 364 g/mol. The van der Waals surface area contributed by atoms with Gasteiger partial charge in [0, 0.05) is 46.7 Å². The summed E-state index contributed by atoms with van der Waals surface area (Å²) in [5.41, 5.74) is 4.40. The molecule has 0 atom stereocenters. The number of rotatable bonds is 3. The molecule has 1 N–H and O–H groups in total. The van der Waals surface area contributed by atoms with E-state index in [1.807, 2.05) is 58.9 Å². The van der Waals surface area contributed by atoms with Gasteiger partial charge in [0.15, 0.2) is 0 Å². The lowest BCUT2D eigenvalue weighted by molar-refractivity contribution is -0.137. The third-order valence-corrected chi connectivity index (χ3v) is 5.54. The number of carboxylic acid groups (broad SMARTS) is 1. The summed E-state index contributed by atoms with van der Waals surface area (Å²) in [5.74, 6) is -0.903. The fourth-order valence-corrected chi connectivity index (χ4v) is 3.98. The molecule has 0 aliphatic carbocycles. The Balaban J connectivity index is 1.79. The van der Waals surface area contributed by atoms with Crippen molar-refractivity contribution < 1.29 is 14.7 Å². The number of carbonyl (C=O) groups is 2. The van der Waals surface area contributed by atoms with Gasteiger partial charge in [-0.05, 0) is 36.8 Å². The standard InChI is InChI=1S/C21H19ClN2O3/c1-13-9-15-16-11-23(21(27)14-5-3-2-4-6-14)8-7-18(16)24(12-20(25)26)19(15)10-17(13)22/h2-6,9-10H,7-8,11-12H2,1H3,(H,25,26). The first-order chi connectivity index (χ1) is 13.0. The van der Waals surface area contributed by atoms with Crippen LogP contribution < -0.4 is 0 Å². The lowest BCUT2D eigenvalue weighted by Gasteiger charge is -2.28. The minimum atomic E-state index is -0.894. The molecule has 4 rings (SSSR count). The number of amides is 1. The van der Waals surface area contributed by atoms with E-state index >= 15 is 0 Å². The number of fused-ring (bicyclic) bond motifs is 3. The van der Waals surface area contributed by atoms with Crippen molar-refractivity contribution in [2.24, 2.45) is 0 Å². The van der Waals surface area contributed by atoms with Crippen molar-refractivity contribution in [3.05, 3.63) is 69.9 Å². The summed E-state index contributed by atoms with van der Waals surface area (Å²) in [7, 11) is 0. The molecular formula is C21H19ClN2O3. The maximum Gasteiger partial charge on any atom is 0.323 e. The summed E-state index contributed by atoms with van der Waals surface area (Å²) >= 11 is 6.29. The molecule has 0 radical (unpaired) electrons. The zero-order valence-electron chi connectivity index (χ0n) is 14.9. The van der Waals surface area contributed by atoms with Crippen molar-refractivity contribution in [1.82, 2.24) is 9.47 Å². The zero-order valence-corrected chi connectivity index (χ0v) is 15.7. The normalized spacial score (nSPS) is 13.6. The second-order valence-electron chi connectivity index (χ2n) is 6.87. The average Bonchev–Trinajstić information content (AvgIpc) is 2.94. The van der Waals surface area contributed by atoms with E-state index in [0.29, 0.717) is 30.1 Å². The molecule has 1 aliphatic rings. The molecule has 3 aromatic rings. The maximum atomic E-state index is 12.9. The number of benzene rings is 2. The van der Waals surface area contributed by atoms with Crippen LogP contribution in [0.3, 0.4) is 0 Å². The van der Waals surface area contributed by atoms with Crippen LogP contribution in [0.1, 0.15) is 27.2 Å². The summed E-state index contributed by atoms with van der Waals surface area (Å²) in [5, 5.41) is 10.9. The molecule has 1 aromatic heterocycles. The van der Waals surface area contributed by atoms with Crippen LogP contribution in [0.25, 0.3) is 10.9 Å². The molecule has 138 valence electrons. The lowest BCUT2D eigenvalue weighted by Crippen LogP contribution is -2.36. The number of halogens is 1. The highest BCUT2D eigenvalue weighted by atomic mass is 35.5. The van der Waals surface area contributed by atoms with Crippen molar-refractivity contribution in [3.63, 3.8) is 0 Å². The number of carboxylic acids is 1. The lowest BCUT2D eigenvalue weighted by atomic mass is 10.0. The van der Waals surface area contributed by atoms with E-state index in [1.165, 1.54) is 0 Å². The first-order valence-electron chi connectivity index (χ1n) is 8.82. The monoisotopic (exact) mass is 382 g/mol. The Morgan fingerprint density at radius 1 is 1.19 bits per heavy atom. The van der Waals surface area contributed by atoms with E-state index in [2.05, 4.69) is 0 Å². The second-order valence-corrected chi connectivity index (χ2v) is 7.27. The van der Waals surface area contributed by atoms with Crippen LogP contribution in [-0.2, 0) is 24.3 Å². The highest BCUT2D eigenvalue weighted by molar-refractivity contribution is 6.32. The maximum absolute atomic E-state index is 12.9. The number of aliphatic carboxylic acids is 1. The molecule has 2 heterocycles. The van der Waals surface area contributed by atoms with E-state index in [-0.39, 0.29) is 12.5 Å². The smallest absolute Gasteiger partial charge is 0.323 e. The highest BCUT2D eigenvalue weighted by Gasteiger charge is 2.28. The topological polar surface area (TPSA) is 62.5 Å². The quantitative estimate of drug-likeness (QED) is 0.747. The molecule has 1 amide bonds. The fourth-order valence-electron chi connectivity index (χ4n) is 3.83. The molecule has 27 heavy (non-hydrogen) atoms. The van der Waals surface area contributed by atoms with Crippen LogP contribution in [0.5, 0.6) is 0 Å². The van der Waals surface area contributed by atoms with Crippen LogP contribution in [-0.4, -0.2) is 33.0 Å². The van der Waals surface area contributed by atoms with Crippen molar-refractivity contribution in [3.8, 4) is 0 Å². The van der Waals surface area contributed by atoms with Crippen LogP contribution >= 0.6 is 11.6 Å². The third-order valence-electron chi connectivity index (χ3n) is 5.14. The Bertz CT molecular complexity index is 1060. The predicted octanol–water partition coefficient (Wildman–Crippen LogP) is 3.89. The largest absolute Gasteiger partial charge is 0.480 e. The number of carbonyl (C=O) groups excluding carboxylic acids is 1. The van der Waals surface area contributed by atoms with E-state index in [4.69, 9.17) is 11.6 Å². The van der Waals surface area contributed by atoms with Gasteiger partial charge in [-0.15, -0.1) is 0 Å². The van der Waals surface area contributed by atoms with Crippen LogP contribution in [0.15, 0.2) is 42.5 Å². The molecule has 0 unspecified atom stereocenters. The Kier molecular flexibility index (Phi) is 4.40. The van der Waals surface area contributed by atoms with Gasteiger partial charge in [0.25, 0.3) is 5.91 Å². The van der Waals surface area contributed by atoms with Crippen molar-refractivity contribution in [2.75, 3.05) is 6.54 Å². The highest BCUT2D eigenvalue weighted by Crippen LogP contribution is 2.34. The Morgan fingerprint density at radius 3 is 2.63 bits per heavy atom. The summed E-state index contributed by atoms with van der Waals surface area (Å²) in [6, 6.07) is 13.0. The third kappa shape index (κ3) is 3.08. The summed E-state index contributed by atoms with van der Waals surface area (Å²) < 4.78 is 1.82. The average molecular weight is 383 g/mol. The van der Waals surface area contributed by atoms with Crippen molar-refractivity contribution in [2.45, 2.75) is 26.4 Å². The van der Waals surface area contributed by atoms with Gasteiger partial charge in [-0.3, -0.25) is 9.59 Å². The van der Waals surface area contributed by atoms with Crippen LogP contribution in [0.4, 0.5) is 0 Å². The van der Waals surface area contributed by atoms with Gasteiger partial charge in [-0.2, -0.15) is 0 Å². The Morgan fingerprint density at radius 2 is 1.93 bits per heavy atom. The molecule has 0 spiro atoms. The fraction of sp³-hybridized carbons (Fsp3) is 0.238. The van der Waals surface area contributed by atoms with Gasteiger partial charge in [0.2, 0.25) is 0 Å². The predicted molar refractivity (Wildman–Crippen MR) is 104 cm³/mol. The van der Waals surface area contributed by atoms with Crippen LogP contribution in [0.2, 0.25) is 5.02 Å². The number of hydrogen-bond donors (Lipinski definition) is 1. The van der Waals surface area contributed by atoms with Gasteiger partial charge in [-0.25, -0.2) is 0 Å². The molecule has 6 heteroatoms. The molecule has 1 aliphatic heterocycles. The van der Waals surface area contributed by atoms with Crippen molar-refractivity contribution >= 4 is 34.4 Å². The minimum Gasteiger partial charge on any atom is -0.480 e. The second kappa shape index (κ2) is 6.74. The van der Waals surface area contributed by atoms with Gasteiger partial charge < -0.3 is 14.6 Å².